The van der Waals surface area contributed by atoms with E-state index in [0.29, 0.717) is 45.8 Å². The molecular weight excluding hydrogens is 320 g/mol. The van der Waals surface area contributed by atoms with Gasteiger partial charge in [-0.05, 0) is 18.6 Å². The number of imidazole rings is 1. The molecule has 0 N–H and O–H groups in total. The first-order valence-corrected chi connectivity index (χ1v) is 7.07. The summed E-state index contributed by atoms with van der Waals surface area (Å²) in [5.74, 6) is 1.27. The number of hydrogen-bond donors (Lipinski definition) is 0. The smallest absolute Gasteiger partial charge is 0.298 e. The molecular formula is C15H13ClN4O3. The van der Waals surface area contributed by atoms with Crippen molar-refractivity contribution in [2.24, 2.45) is 7.05 Å². The lowest BCUT2D eigenvalue weighted by molar-refractivity contribution is -0.120. The molecule has 0 aliphatic rings. The molecule has 8 heteroatoms. The Kier molecular flexibility index (Phi) is 3.87. The van der Waals surface area contributed by atoms with E-state index in [4.69, 9.17) is 21.1 Å². The normalized spacial score (nSPS) is 10.8. The number of fused-ring (bicyclic) bond motifs is 1. The minimum absolute atomic E-state index is 0.329. The first-order valence-electron chi connectivity index (χ1n) is 6.69. The fourth-order valence-corrected chi connectivity index (χ4v) is 2.67. The number of methoxy groups -OCH3 is 1. The number of carbonyl (C=O) groups is 1. The molecule has 2 heterocycles. The van der Waals surface area contributed by atoms with E-state index < -0.39 is 0 Å². The fourth-order valence-electron chi connectivity index (χ4n) is 2.41. The van der Waals surface area contributed by atoms with Crippen molar-refractivity contribution in [2.45, 2.75) is 6.92 Å². The molecule has 0 aliphatic heterocycles. The topological polar surface area (TPSA) is 79.1 Å². The highest BCUT2D eigenvalue weighted by Gasteiger charge is 2.19. The minimum atomic E-state index is 0.329. The van der Waals surface area contributed by atoms with Crippen molar-refractivity contribution < 1.29 is 14.3 Å². The summed E-state index contributed by atoms with van der Waals surface area (Å²) in [4.78, 5) is 23.8. The molecule has 3 aromatic rings. The summed E-state index contributed by atoms with van der Waals surface area (Å²) < 4.78 is 11.9. The third-order valence-electron chi connectivity index (χ3n) is 3.43. The standard InChI is InChI=1S/C15H13ClN4O3/c1-8-4-9(16)5-10(23-7-21)12(8)14-19-13-15(20(14)2)17-6-11(18-13)22-3/h4-7H,1-3H3. The molecule has 118 valence electrons. The van der Waals surface area contributed by atoms with E-state index in [0.717, 1.165) is 5.56 Å². The van der Waals surface area contributed by atoms with Crippen LogP contribution in [0.25, 0.3) is 22.7 Å². The van der Waals surface area contributed by atoms with Gasteiger partial charge in [-0.3, -0.25) is 4.79 Å². The van der Waals surface area contributed by atoms with Gasteiger partial charge in [0.25, 0.3) is 6.47 Å². The van der Waals surface area contributed by atoms with E-state index in [9.17, 15) is 4.79 Å². The molecule has 23 heavy (non-hydrogen) atoms. The minimum Gasteiger partial charge on any atom is -0.480 e. The Morgan fingerprint density at radius 1 is 1.30 bits per heavy atom. The van der Waals surface area contributed by atoms with Crippen molar-refractivity contribution in [3.05, 3.63) is 28.9 Å². The first kappa shape index (κ1) is 15.2. The molecule has 0 saturated carbocycles. The lowest BCUT2D eigenvalue weighted by Gasteiger charge is -2.11. The molecule has 0 unspecified atom stereocenters. The summed E-state index contributed by atoms with van der Waals surface area (Å²) in [5, 5.41) is 0.472. The molecule has 1 aromatic carbocycles. The maximum atomic E-state index is 10.8. The van der Waals surface area contributed by atoms with Crippen LogP contribution in [0.1, 0.15) is 5.56 Å². The Hall–Kier alpha value is -2.67. The highest BCUT2D eigenvalue weighted by molar-refractivity contribution is 6.31. The molecule has 0 radical (unpaired) electrons. The Bertz CT molecular complexity index is 907. The molecule has 0 bridgehead atoms. The second-order valence-corrected chi connectivity index (χ2v) is 5.30. The number of carbonyl (C=O) groups excluding carboxylic acids is 1. The number of rotatable bonds is 4. The molecule has 0 amide bonds. The Labute approximate surface area is 136 Å². The van der Waals surface area contributed by atoms with Crippen LogP contribution in [-0.4, -0.2) is 33.1 Å². The summed E-state index contributed by atoms with van der Waals surface area (Å²) >= 11 is 6.04. The highest BCUT2D eigenvalue weighted by Crippen LogP contribution is 2.36. The van der Waals surface area contributed by atoms with Gasteiger partial charge in [0.05, 0.1) is 18.9 Å². The quantitative estimate of drug-likeness (QED) is 0.683. The summed E-state index contributed by atoms with van der Waals surface area (Å²) in [7, 11) is 3.32. The number of benzene rings is 1. The van der Waals surface area contributed by atoms with Crippen LogP contribution in [0.5, 0.6) is 11.6 Å². The zero-order chi connectivity index (χ0) is 16.6. The van der Waals surface area contributed by atoms with Gasteiger partial charge in [-0.2, -0.15) is 4.98 Å². The van der Waals surface area contributed by atoms with Crippen LogP contribution in [0, 0.1) is 6.92 Å². The van der Waals surface area contributed by atoms with Crippen LogP contribution in [0.15, 0.2) is 18.3 Å². The van der Waals surface area contributed by atoms with Crippen molar-refractivity contribution in [3.63, 3.8) is 0 Å². The molecule has 0 spiro atoms. The molecule has 2 aromatic heterocycles. The summed E-state index contributed by atoms with van der Waals surface area (Å²) in [5.41, 5.74) is 2.50. The van der Waals surface area contributed by atoms with E-state index in [-0.39, 0.29) is 0 Å². The van der Waals surface area contributed by atoms with Gasteiger partial charge >= 0.3 is 0 Å². The average Bonchev–Trinajstić information content (AvgIpc) is 2.83. The third kappa shape index (κ3) is 2.59. The van der Waals surface area contributed by atoms with Crippen molar-refractivity contribution in [2.75, 3.05) is 7.11 Å². The molecule has 0 fully saturated rings. The van der Waals surface area contributed by atoms with Crippen LogP contribution >= 0.6 is 11.6 Å². The Morgan fingerprint density at radius 2 is 2.09 bits per heavy atom. The van der Waals surface area contributed by atoms with Crippen LogP contribution in [0.3, 0.4) is 0 Å². The molecule has 7 nitrogen and oxygen atoms in total. The van der Waals surface area contributed by atoms with Gasteiger partial charge in [-0.1, -0.05) is 11.6 Å². The van der Waals surface area contributed by atoms with Crippen molar-refractivity contribution >= 4 is 29.4 Å². The van der Waals surface area contributed by atoms with Gasteiger partial charge in [-0.25, -0.2) is 9.97 Å². The number of aryl methyl sites for hydroxylation is 2. The highest BCUT2D eigenvalue weighted by atomic mass is 35.5. The van der Waals surface area contributed by atoms with Crippen molar-refractivity contribution in [1.29, 1.82) is 0 Å². The predicted octanol–water partition coefficient (Wildman–Crippen LogP) is 2.54. The predicted molar refractivity (Wildman–Crippen MR) is 84.7 cm³/mol. The molecule has 0 atom stereocenters. The average molecular weight is 333 g/mol. The largest absolute Gasteiger partial charge is 0.480 e. The lowest BCUT2D eigenvalue weighted by Crippen LogP contribution is -2.00. The zero-order valence-electron chi connectivity index (χ0n) is 12.7. The van der Waals surface area contributed by atoms with Crippen LogP contribution in [0.4, 0.5) is 0 Å². The monoisotopic (exact) mass is 332 g/mol. The number of hydrogen-bond acceptors (Lipinski definition) is 6. The van der Waals surface area contributed by atoms with E-state index in [2.05, 4.69) is 15.0 Å². The van der Waals surface area contributed by atoms with E-state index >= 15 is 0 Å². The Morgan fingerprint density at radius 3 is 2.78 bits per heavy atom. The van der Waals surface area contributed by atoms with Crippen molar-refractivity contribution in [1.82, 2.24) is 19.5 Å². The van der Waals surface area contributed by atoms with Crippen molar-refractivity contribution in [3.8, 4) is 23.0 Å². The lowest BCUT2D eigenvalue weighted by atomic mass is 10.1. The third-order valence-corrected chi connectivity index (χ3v) is 3.65. The summed E-state index contributed by atoms with van der Waals surface area (Å²) in [6.45, 7) is 2.22. The fraction of sp³-hybridized carbons (Fsp3) is 0.200. The van der Waals surface area contributed by atoms with E-state index in [1.54, 1.807) is 16.7 Å². The summed E-state index contributed by atoms with van der Waals surface area (Å²) in [6, 6.07) is 3.34. The Balaban J connectivity index is 2.28. The van der Waals surface area contributed by atoms with E-state index in [1.807, 2.05) is 14.0 Å². The molecule has 0 aliphatic carbocycles. The first-order chi connectivity index (χ1) is 11.0. The van der Waals surface area contributed by atoms with Gasteiger partial charge in [0.1, 0.15) is 11.6 Å². The van der Waals surface area contributed by atoms with Gasteiger partial charge in [-0.15, -0.1) is 0 Å². The summed E-state index contributed by atoms with van der Waals surface area (Å²) in [6.07, 6.45) is 1.52. The van der Waals surface area contributed by atoms with Gasteiger partial charge in [0.2, 0.25) is 11.5 Å². The molecule has 3 rings (SSSR count). The zero-order valence-corrected chi connectivity index (χ0v) is 13.5. The number of aromatic nitrogens is 4. The SMILES string of the molecule is COc1cnc2c(n1)nc(-c1c(C)cc(Cl)cc1OC=O)n2C. The number of nitrogens with zero attached hydrogens (tertiary/aromatic N) is 4. The van der Waals surface area contributed by atoms with E-state index in [1.165, 1.54) is 13.3 Å². The number of halogens is 1. The second-order valence-electron chi connectivity index (χ2n) is 4.86. The molecule has 0 saturated heterocycles. The maximum absolute atomic E-state index is 10.8. The van der Waals surface area contributed by atoms with Gasteiger partial charge < -0.3 is 14.0 Å². The van der Waals surface area contributed by atoms with Crippen LogP contribution < -0.4 is 9.47 Å². The van der Waals surface area contributed by atoms with Gasteiger partial charge in [0.15, 0.2) is 5.65 Å². The number of ether oxygens (including phenoxy) is 2. The maximum Gasteiger partial charge on any atom is 0.298 e. The van der Waals surface area contributed by atoms with Gasteiger partial charge in [0, 0.05) is 18.1 Å². The second kappa shape index (κ2) is 5.85. The van der Waals surface area contributed by atoms with Crippen LogP contribution in [-0.2, 0) is 11.8 Å². The van der Waals surface area contributed by atoms with Crippen LogP contribution in [0.2, 0.25) is 5.02 Å².